The van der Waals surface area contributed by atoms with Crippen molar-refractivity contribution in [1.29, 1.82) is 0 Å². The minimum Gasteiger partial charge on any atom is -0.325 e. The van der Waals surface area contributed by atoms with Crippen LogP contribution in [0, 0.1) is 13.8 Å². The van der Waals surface area contributed by atoms with E-state index in [1.807, 2.05) is 19.9 Å². The summed E-state index contributed by atoms with van der Waals surface area (Å²) < 4.78 is 0. The minimum absolute atomic E-state index is 0.0353. The topological polar surface area (TPSA) is 117 Å². The lowest BCUT2D eigenvalue weighted by atomic mass is 10.1. The molecular weight excluding hydrogens is 438 g/mol. The smallest absolute Gasteiger partial charge is 0.278 e. The summed E-state index contributed by atoms with van der Waals surface area (Å²) in [5.74, 6) is -0.476. The van der Waals surface area contributed by atoms with Crippen LogP contribution in [0.25, 0.3) is 11.3 Å². The SMILES string of the molecule is CC(=O)Nc1c(C)cccc1-c1nnc(SCC(=O)Nc2ccc(Cl)cc2C)[nH]c1=O. The van der Waals surface area contributed by atoms with Gasteiger partial charge in [-0.2, -0.15) is 0 Å². The highest BCUT2D eigenvalue weighted by molar-refractivity contribution is 7.99. The van der Waals surface area contributed by atoms with Crippen molar-refractivity contribution in [1.82, 2.24) is 15.2 Å². The summed E-state index contributed by atoms with van der Waals surface area (Å²) in [4.78, 5) is 39.0. The molecule has 0 unspecified atom stereocenters. The molecule has 0 radical (unpaired) electrons. The third-order valence-corrected chi connectivity index (χ3v) is 5.41. The van der Waals surface area contributed by atoms with Crippen LogP contribution in [0.4, 0.5) is 11.4 Å². The Labute approximate surface area is 187 Å². The van der Waals surface area contributed by atoms with Crippen molar-refractivity contribution in [3.8, 4) is 11.3 Å². The summed E-state index contributed by atoms with van der Waals surface area (Å²) >= 11 is 6.98. The molecule has 3 N–H and O–H groups in total. The van der Waals surface area contributed by atoms with Crippen molar-refractivity contribution in [2.24, 2.45) is 0 Å². The van der Waals surface area contributed by atoms with E-state index >= 15 is 0 Å². The van der Waals surface area contributed by atoms with Gasteiger partial charge >= 0.3 is 0 Å². The lowest BCUT2D eigenvalue weighted by Crippen LogP contribution is -2.18. The maximum absolute atomic E-state index is 12.6. The molecular formula is C21H20ClN5O3S. The molecule has 8 nitrogen and oxygen atoms in total. The molecule has 1 heterocycles. The number of aromatic amines is 1. The van der Waals surface area contributed by atoms with E-state index in [0.29, 0.717) is 22.0 Å². The number of carbonyl (C=O) groups is 2. The summed E-state index contributed by atoms with van der Waals surface area (Å²) in [6.07, 6.45) is 0. The number of amides is 2. The summed E-state index contributed by atoms with van der Waals surface area (Å²) in [7, 11) is 0. The first-order valence-electron chi connectivity index (χ1n) is 9.28. The number of aromatic nitrogens is 3. The monoisotopic (exact) mass is 457 g/mol. The van der Waals surface area contributed by atoms with Gasteiger partial charge in [0.2, 0.25) is 11.8 Å². The highest BCUT2D eigenvalue weighted by atomic mass is 35.5. The van der Waals surface area contributed by atoms with Crippen LogP contribution >= 0.6 is 23.4 Å². The van der Waals surface area contributed by atoms with E-state index in [4.69, 9.17) is 11.6 Å². The molecule has 1 aromatic heterocycles. The first kappa shape index (κ1) is 22.5. The maximum atomic E-state index is 12.6. The average Bonchev–Trinajstić information content (AvgIpc) is 2.70. The molecule has 0 aliphatic rings. The Bertz CT molecular complexity index is 1210. The van der Waals surface area contributed by atoms with Crippen LogP contribution in [0.1, 0.15) is 18.1 Å². The van der Waals surface area contributed by atoms with Crippen molar-refractivity contribution in [2.75, 3.05) is 16.4 Å². The van der Waals surface area contributed by atoms with Crippen LogP contribution in [-0.2, 0) is 9.59 Å². The van der Waals surface area contributed by atoms with Crippen molar-refractivity contribution >= 4 is 46.6 Å². The van der Waals surface area contributed by atoms with E-state index in [1.54, 1.807) is 30.3 Å². The third kappa shape index (κ3) is 5.71. The van der Waals surface area contributed by atoms with Gasteiger partial charge in [-0.3, -0.25) is 19.4 Å². The van der Waals surface area contributed by atoms with Gasteiger partial charge in [0.1, 0.15) is 0 Å². The molecule has 0 spiro atoms. The van der Waals surface area contributed by atoms with Crippen LogP contribution in [-0.4, -0.2) is 32.7 Å². The molecule has 160 valence electrons. The van der Waals surface area contributed by atoms with Gasteiger partial charge in [-0.1, -0.05) is 41.6 Å². The molecule has 2 aromatic carbocycles. The summed E-state index contributed by atoms with van der Waals surface area (Å²) in [5, 5.41) is 14.4. The van der Waals surface area contributed by atoms with Crippen LogP contribution < -0.4 is 16.2 Å². The second-order valence-electron chi connectivity index (χ2n) is 6.78. The number of rotatable bonds is 6. The van der Waals surface area contributed by atoms with Crippen LogP contribution in [0.5, 0.6) is 0 Å². The fraction of sp³-hybridized carbons (Fsp3) is 0.190. The minimum atomic E-state index is -0.469. The Morgan fingerprint density at radius 1 is 1.10 bits per heavy atom. The number of anilines is 2. The van der Waals surface area contributed by atoms with Gasteiger partial charge in [-0.15, -0.1) is 10.2 Å². The number of hydrogen-bond acceptors (Lipinski definition) is 6. The largest absolute Gasteiger partial charge is 0.325 e. The van der Waals surface area contributed by atoms with Gasteiger partial charge in [0, 0.05) is 23.2 Å². The first-order valence-corrected chi connectivity index (χ1v) is 10.6. The molecule has 31 heavy (non-hydrogen) atoms. The van der Waals surface area contributed by atoms with Gasteiger partial charge < -0.3 is 10.6 Å². The predicted molar refractivity (Wildman–Crippen MR) is 123 cm³/mol. The van der Waals surface area contributed by atoms with E-state index in [2.05, 4.69) is 25.8 Å². The molecule has 3 rings (SSSR count). The van der Waals surface area contributed by atoms with Gasteiger partial charge in [-0.25, -0.2) is 0 Å². The molecule has 0 bridgehead atoms. The lowest BCUT2D eigenvalue weighted by Gasteiger charge is -2.12. The highest BCUT2D eigenvalue weighted by Crippen LogP contribution is 2.27. The van der Waals surface area contributed by atoms with E-state index in [0.717, 1.165) is 22.9 Å². The molecule has 0 saturated heterocycles. The number of carbonyl (C=O) groups excluding carboxylic acids is 2. The standard InChI is InChI=1S/C21H20ClN5O3S/c1-11-5-4-6-15(18(11)23-13(3)28)19-20(30)25-21(27-26-19)31-10-17(29)24-16-8-7-14(22)9-12(16)2/h4-9H,10H2,1-3H3,(H,23,28)(H,24,29)(H,25,27,30). The number of benzene rings is 2. The van der Waals surface area contributed by atoms with E-state index in [1.165, 1.54) is 6.92 Å². The zero-order chi connectivity index (χ0) is 22.5. The van der Waals surface area contributed by atoms with E-state index < -0.39 is 5.56 Å². The second-order valence-corrected chi connectivity index (χ2v) is 8.18. The molecule has 0 aliphatic carbocycles. The van der Waals surface area contributed by atoms with Crippen molar-refractivity contribution in [2.45, 2.75) is 25.9 Å². The van der Waals surface area contributed by atoms with Gasteiger partial charge in [0.05, 0.1) is 11.4 Å². The van der Waals surface area contributed by atoms with Crippen molar-refractivity contribution < 1.29 is 9.59 Å². The number of H-pyrrole nitrogens is 1. The van der Waals surface area contributed by atoms with Crippen LogP contribution in [0.3, 0.4) is 0 Å². The number of aryl methyl sites for hydroxylation is 2. The van der Waals surface area contributed by atoms with Gasteiger partial charge in [0.15, 0.2) is 10.9 Å². The van der Waals surface area contributed by atoms with E-state index in [9.17, 15) is 14.4 Å². The maximum Gasteiger partial charge on any atom is 0.278 e. The summed E-state index contributed by atoms with van der Waals surface area (Å²) in [6, 6.07) is 10.5. The molecule has 0 saturated carbocycles. The molecule has 2 amide bonds. The Morgan fingerprint density at radius 3 is 2.55 bits per heavy atom. The van der Waals surface area contributed by atoms with Crippen molar-refractivity contribution in [3.05, 3.63) is 62.9 Å². The molecule has 0 aliphatic heterocycles. The second kappa shape index (κ2) is 9.76. The Morgan fingerprint density at radius 2 is 1.87 bits per heavy atom. The lowest BCUT2D eigenvalue weighted by molar-refractivity contribution is -0.114. The highest BCUT2D eigenvalue weighted by Gasteiger charge is 2.15. The third-order valence-electron chi connectivity index (χ3n) is 4.31. The zero-order valence-corrected chi connectivity index (χ0v) is 18.6. The number of nitrogens with one attached hydrogen (secondary N) is 3. The van der Waals surface area contributed by atoms with Gasteiger partial charge in [-0.05, 0) is 43.2 Å². The molecule has 0 fully saturated rings. The van der Waals surface area contributed by atoms with Crippen molar-refractivity contribution in [3.63, 3.8) is 0 Å². The normalized spacial score (nSPS) is 10.6. The fourth-order valence-corrected chi connectivity index (χ4v) is 3.69. The Hall–Kier alpha value is -3.17. The Balaban J connectivity index is 1.73. The number of halogens is 1. The summed E-state index contributed by atoms with van der Waals surface area (Å²) in [6.45, 7) is 5.06. The Kier molecular flexibility index (Phi) is 7.09. The van der Waals surface area contributed by atoms with Crippen LogP contribution in [0.15, 0.2) is 46.3 Å². The molecule has 0 atom stereocenters. The first-order chi connectivity index (χ1) is 14.7. The quantitative estimate of drug-likeness (QED) is 0.485. The van der Waals surface area contributed by atoms with Gasteiger partial charge in [0.25, 0.3) is 5.56 Å². The fourth-order valence-electron chi connectivity index (χ4n) is 2.86. The predicted octanol–water partition coefficient (Wildman–Crippen LogP) is 3.79. The number of nitrogens with zero attached hydrogens (tertiary/aromatic N) is 2. The number of hydrogen-bond donors (Lipinski definition) is 3. The number of para-hydroxylation sites is 1. The van der Waals surface area contributed by atoms with E-state index in [-0.39, 0.29) is 28.4 Å². The van der Waals surface area contributed by atoms with Crippen LogP contribution in [0.2, 0.25) is 5.02 Å². The number of thioether (sulfide) groups is 1. The molecule has 3 aromatic rings. The summed E-state index contributed by atoms with van der Waals surface area (Å²) in [5.41, 5.74) is 2.89. The molecule has 10 heteroatoms. The average molecular weight is 458 g/mol. The zero-order valence-electron chi connectivity index (χ0n) is 17.1.